The normalized spacial score (nSPS) is 16.1. The topological polar surface area (TPSA) is 63.8 Å². The molecule has 1 aliphatic carbocycles. The summed E-state index contributed by atoms with van der Waals surface area (Å²) in [7, 11) is 0. The summed E-state index contributed by atoms with van der Waals surface area (Å²) < 4.78 is 0. The van der Waals surface area contributed by atoms with Gasteiger partial charge in [0.15, 0.2) is 0 Å². The summed E-state index contributed by atoms with van der Waals surface area (Å²) in [5.74, 6) is 1.13. The molecule has 1 aromatic carbocycles. The Hall–Kier alpha value is -2.01. The van der Waals surface area contributed by atoms with Crippen molar-refractivity contribution < 1.29 is 0 Å². The predicted molar refractivity (Wildman–Crippen MR) is 84.0 cm³/mol. The lowest BCUT2D eigenvalue weighted by atomic mass is 9.78. The number of hydrogen-bond donors (Lipinski definition) is 2. The Morgan fingerprint density at radius 3 is 2.95 bits per heavy atom. The van der Waals surface area contributed by atoms with E-state index in [0.717, 1.165) is 18.7 Å². The van der Waals surface area contributed by atoms with Gasteiger partial charge in [0.2, 0.25) is 5.95 Å². The number of anilines is 1. The second-order valence-electron chi connectivity index (χ2n) is 5.06. The van der Waals surface area contributed by atoms with Crippen LogP contribution in [0.3, 0.4) is 0 Å². The van der Waals surface area contributed by atoms with E-state index in [4.69, 9.17) is 18.0 Å². The summed E-state index contributed by atoms with van der Waals surface area (Å²) >= 11 is 4.96. The van der Waals surface area contributed by atoms with E-state index in [9.17, 15) is 0 Å². The molecule has 1 heterocycles. The van der Waals surface area contributed by atoms with Crippen molar-refractivity contribution in [1.29, 1.82) is 0 Å². The molecule has 1 aromatic heterocycles. The van der Waals surface area contributed by atoms with Crippen molar-refractivity contribution in [2.24, 2.45) is 5.73 Å². The van der Waals surface area contributed by atoms with Crippen LogP contribution in [0.15, 0.2) is 30.3 Å². The molecule has 0 spiro atoms. The summed E-state index contributed by atoms with van der Waals surface area (Å²) in [6, 6.07) is 10.3. The number of aromatic nitrogens is 2. The molecule has 3 N–H and O–H groups in total. The lowest BCUT2D eigenvalue weighted by Crippen LogP contribution is -2.25. The van der Waals surface area contributed by atoms with Gasteiger partial charge in [0.1, 0.15) is 10.7 Å². The van der Waals surface area contributed by atoms with Crippen molar-refractivity contribution >= 4 is 23.2 Å². The van der Waals surface area contributed by atoms with E-state index in [1.54, 1.807) is 6.07 Å². The highest BCUT2D eigenvalue weighted by Crippen LogP contribution is 2.34. The lowest BCUT2D eigenvalue weighted by Gasteiger charge is -2.30. The Bertz CT molecular complexity index is 669. The zero-order valence-corrected chi connectivity index (χ0v) is 12.1. The summed E-state index contributed by atoms with van der Waals surface area (Å²) in [5.41, 5.74) is 9.95. The molecule has 1 unspecified atom stereocenters. The second kappa shape index (κ2) is 5.17. The van der Waals surface area contributed by atoms with Gasteiger partial charge in [0.25, 0.3) is 0 Å². The van der Waals surface area contributed by atoms with Gasteiger partial charge in [-0.25, -0.2) is 9.97 Å². The summed E-state index contributed by atoms with van der Waals surface area (Å²) in [4.78, 5) is 8.99. The minimum atomic E-state index is 0.299. The van der Waals surface area contributed by atoms with Gasteiger partial charge >= 0.3 is 0 Å². The lowest BCUT2D eigenvalue weighted by molar-refractivity contribution is 0.633. The van der Waals surface area contributed by atoms with Crippen molar-refractivity contribution in [3.8, 4) is 0 Å². The smallest absolute Gasteiger partial charge is 0.223 e. The van der Waals surface area contributed by atoms with Crippen LogP contribution in [-0.2, 0) is 6.42 Å². The number of benzene rings is 1. The first-order chi connectivity index (χ1) is 9.63. The second-order valence-corrected chi connectivity index (χ2v) is 5.50. The van der Waals surface area contributed by atoms with Gasteiger partial charge in [0, 0.05) is 18.2 Å². The van der Waals surface area contributed by atoms with Crippen LogP contribution in [0.1, 0.15) is 28.4 Å². The third-order valence-corrected chi connectivity index (χ3v) is 3.78. The fourth-order valence-electron chi connectivity index (χ4n) is 2.53. The van der Waals surface area contributed by atoms with Crippen LogP contribution < -0.4 is 11.1 Å². The van der Waals surface area contributed by atoms with Gasteiger partial charge in [0.05, 0.1) is 0 Å². The zero-order valence-electron chi connectivity index (χ0n) is 11.3. The Kier molecular flexibility index (Phi) is 3.36. The molecule has 102 valence electrons. The molecular formula is C15H16N4S. The molecule has 1 atom stereocenters. The average Bonchev–Trinajstić information content (AvgIpc) is 2.39. The van der Waals surface area contributed by atoms with Gasteiger partial charge in [-0.05, 0) is 30.5 Å². The van der Waals surface area contributed by atoms with Crippen molar-refractivity contribution in [2.75, 3.05) is 11.9 Å². The van der Waals surface area contributed by atoms with E-state index in [1.807, 2.05) is 6.92 Å². The van der Waals surface area contributed by atoms with E-state index in [2.05, 4.69) is 39.6 Å². The highest BCUT2D eigenvalue weighted by molar-refractivity contribution is 7.80. The molecule has 4 nitrogen and oxygen atoms in total. The van der Waals surface area contributed by atoms with Gasteiger partial charge in [-0.2, -0.15) is 0 Å². The number of nitrogens with zero attached hydrogens (tertiary/aromatic N) is 2. The number of nitrogens with two attached hydrogens (primary N) is 1. The van der Waals surface area contributed by atoms with E-state index in [1.165, 1.54) is 11.1 Å². The van der Waals surface area contributed by atoms with Gasteiger partial charge < -0.3 is 11.1 Å². The van der Waals surface area contributed by atoms with Crippen LogP contribution >= 0.6 is 12.2 Å². The van der Waals surface area contributed by atoms with Crippen LogP contribution in [0.4, 0.5) is 5.95 Å². The molecule has 0 saturated heterocycles. The summed E-state index contributed by atoms with van der Waals surface area (Å²) in [6.07, 6.45) is 1.11. The van der Waals surface area contributed by atoms with Crippen LogP contribution in [0.2, 0.25) is 0 Å². The summed E-state index contributed by atoms with van der Waals surface area (Å²) in [6.45, 7) is 2.74. The number of aryl methyl sites for hydroxylation is 1. The van der Waals surface area contributed by atoms with Crippen molar-refractivity contribution in [1.82, 2.24) is 9.97 Å². The molecule has 0 bridgehead atoms. The maximum Gasteiger partial charge on any atom is 0.223 e. The molecular weight excluding hydrogens is 268 g/mol. The fraction of sp³-hybridized carbons (Fsp3) is 0.267. The maximum atomic E-state index is 5.62. The molecule has 3 rings (SSSR count). The molecule has 1 aliphatic rings. The van der Waals surface area contributed by atoms with E-state index < -0.39 is 0 Å². The Labute approximate surface area is 123 Å². The van der Waals surface area contributed by atoms with Crippen molar-refractivity contribution in [3.05, 3.63) is 52.8 Å². The van der Waals surface area contributed by atoms with Crippen molar-refractivity contribution in [2.45, 2.75) is 19.3 Å². The molecule has 5 heteroatoms. The Balaban J connectivity index is 1.69. The number of thiocarbonyl (C=S) groups is 1. The van der Waals surface area contributed by atoms with Crippen molar-refractivity contribution in [3.63, 3.8) is 0 Å². The quantitative estimate of drug-likeness (QED) is 0.843. The Morgan fingerprint density at radius 2 is 2.20 bits per heavy atom. The van der Waals surface area contributed by atoms with E-state index in [-0.39, 0.29) is 0 Å². The van der Waals surface area contributed by atoms with Crippen LogP contribution in [-0.4, -0.2) is 21.5 Å². The molecule has 0 radical (unpaired) electrons. The standard InChI is InChI=1S/C15H16N4S/c1-9-6-13(14(16)20)19-15(18-9)17-8-11-7-10-4-2-3-5-12(10)11/h2-6,11H,7-8H2,1H3,(H2,16,20)(H,17,18,19). The number of fused-ring (bicyclic) bond motifs is 1. The molecule has 20 heavy (non-hydrogen) atoms. The van der Waals surface area contributed by atoms with E-state index >= 15 is 0 Å². The number of rotatable bonds is 4. The first kappa shape index (κ1) is 13.0. The number of nitrogens with one attached hydrogen (secondary N) is 1. The molecule has 0 saturated carbocycles. The van der Waals surface area contributed by atoms with Crippen LogP contribution in [0.25, 0.3) is 0 Å². The third kappa shape index (κ3) is 2.49. The highest BCUT2D eigenvalue weighted by atomic mass is 32.1. The Morgan fingerprint density at radius 1 is 1.40 bits per heavy atom. The zero-order chi connectivity index (χ0) is 14.1. The molecule has 2 aromatic rings. The fourth-order valence-corrected chi connectivity index (χ4v) is 2.64. The van der Waals surface area contributed by atoms with Crippen LogP contribution in [0, 0.1) is 6.92 Å². The first-order valence-corrected chi connectivity index (χ1v) is 7.01. The molecule has 0 fully saturated rings. The van der Waals surface area contributed by atoms with Gasteiger partial charge in [-0.15, -0.1) is 0 Å². The molecule has 0 aliphatic heterocycles. The minimum absolute atomic E-state index is 0.299. The van der Waals surface area contributed by atoms with Gasteiger partial charge in [-0.3, -0.25) is 0 Å². The summed E-state index contributed by atoms with van der Waals surface area (Å²) in [5, 5.41) is 3.29. The monoisotopic (exact) mass is 284 g/mol. The minimum Gasteiger partial charge on any atom is -0.388 e. The van der Waals surface area contributed by atoms with Crippen LogP contribution in [0.5, 0.6) is 0 Å². The number of hydrogen-bond acceptors (Lipinski definition) is 4. The maximum absolute atomic E-state index is 5.62. The SMILES string of the molecule is Cc1cc(C(N)=S)nc(NCC2Cc3ccccc32)n1. The third-order valence-electron chi connectivity index (χ3n) is 3.57. The van der Waals surface area contributed by atoms with E-state index in [0.29, 0.717) is 22.5 Å². The van der Waals surface area contributed by atoms with Gasteiger partial charge in [-0.1, -0.05) is 36.5 Å². The first-order valence-electron chi connectivity index (χ1n) is 6.60. The molecule has 0 amide bonds. The predicted octanol–water partition coefficient (Wildman–Crippen LogP) is 2.17. The largest absolute Gasteiger partial charge is 0.388 e. The highest BCUT2D eigenvalue weighted by Gasteiger charge is 2.25. The average molecular weight is 284 g/mol.